The summed E-state index contributed by atoms with van der Waals surface area (Å²) in [6.07, 6.45) is 4.23. The van der Waals surface area contributed by atoms with Gasteiger partial charge in [0.15, 0.2) is 0 Å². The highest BCUT2D eigenvalue weighted by Crippen LogP contribution is 2.57. The molecule has 3 unspecified atom stereocenters. The van der Waals surface area contributed by atoms with Crippen molar-refractivity contribution in [1.82, 2.24) is 5.32 Å². The van der Waals surface area contributed by atoms with Gasteiger partial charge in [-0.15, -0.1) is 0 Å². The van der Waals surface area contributed by atoms with Crippen LogP contribution in [0.2, 0.25) is 0 Å². The van der Waals surface area contributed by atoms with E-state index in [0.717, 1.165) is 23.5 Å². The summed E-state index contributed by atoms with van der Waals surface area (Å²) in [4.78, 5) is 0. The Labute approximate surface area is 121 Å². The molecule has 1 aromatic rings. The molecule has 1 aromatic carbocycles. The number of hydrogen-bond donors (Lipinski definition) is 1. The Kier molecular flexibility index (Phi) is 4.27. The van der Waals surface area contributed by atoms with Gasteiger partial charge in [-0.25, -0.2) is 0 Å². The lowest BCUT2D eigenvalue weighted by Gasteiger charge is -2.26. The summed E-state index contributed by atoms with van der Waals surface area (Å²) in [5.74, 6) is 3.79. The Balaban J connectivity index is 1.72. The van der Waals surface area contributed by atoms with Gasteiger partial charge in [-0.05, 0) is 50.1 Å². The number of hydrogen-bond acceptors (Lipinski definition) is 3. The fourth-order valence-corrected chi connectivity index (χ4v) is 3.78. The normalized spacial score (nSPS) is 29.0. The zero-order valence-electron chi connectivity index (χ0n) is 12.5. The second kappa shape index (κ2) is 6.15. The molecule has 2 aliphatic carbocycles. The number of para-hydroxylation sites is 1. The molecule has 0 aliphatic heterocycles. The Bertz CT molecular complexity index is 438. The molecule has 0 saturated heterocycles. The fourth-order valence-electron chi connectivity index (χ4n) is 3.78. The number of rotatable bonds is 7. The molecule has 0 spiro atoms. The van der Waals surface area contributed by atoms with Crippen LogP contribution in [0.5, 0.6) is 5.75 Å². The predicted molar refractivity (Wildman–Crippen MR) is 79.9 cm³/mol. The van der Waals surface area contributed by atoms with E-state index in [0.29, 0.717) is 19.3 Å². The van der Waals surface area contributed by atoms with Crippen LogP contribution in [0.1, 0.15) is 30.9 Å². The van der Waals surface area contributed by atoms with Crippen molar-refractivity contribution in [3.05, 3.63) is 29.8 Å². The van der Waals surface area contributed by atoms with Crippen molar-refractivity contribution in [2.45, 2.75) is 25.3 Å². The summed E-state index contributed by atoms with van der Waals surface area (Å²) in [5, 5.41) is 3.52. The number of ether oxygens (including phenoxy) is 2. The first kappa shape index (κ1) is 13.9. The maximum Gasteiger partial charge on any atom is 0.124 e. The zero-order valence-corrected chi connectivity index (χ0v) is 12.5. The minimum Gasteiger partial charge on any atom is -0.491 e. The van der Waals surface area contributed by atoms with Gasteiger partial charge in [-0.2, -0.15) is 0 Å². The van der Waals surface area contributed by atoms with E-state index in [1.165, 1.54) is 24.8 Å². The van der Waals surface area contributed by atoms with Crippen molar-refractivity contribution in [1.29, 1.82) is 0 Å². The molecule has 1 N–H and O–H groups in total. The van der Waals surface area contributed by atoms with Crippen LogP contribution in [0.3, 0.4) is 0 Å². The van der Waals surface area contributed by atoms with E-state index in [9.17, 15) is 0 Å². The molecule has 0 bridgehead atoms. The maximum absolute atomic E-state index is 5.89. The Hall–Kier alpha value is -1.06. The number of fused-ring (bicyclic) bond motifs is 1. The molecule has 3 atom stereocenters. The maximum atomic E-state index is 5.89. The van der Waals surface area contributed by atoms with Crippen molar-refractivity contribution in [3.8, 4) is 5.75 Å². The summed E-state index contributed by atoms with van der Waals surface area (Å²) in [5.41, 5.74) is 1.30. The highest BCUT2D eigenvalue weighted by molar-refractivity contribution is 5.36. The van der Waals surface area contributed by atoms with Gasteiger partial charge < -0.3 is 14.8 Å². The number of benzene rings is 1. The second-order valence-electron chi connectivity index (χ2n) is 6.13. The topological polar surface area (TPSA) is 30.5 Å². The molecule has 3 heteroatoms. The van der Waals surface area contributed by atoms with Crippen molar-refractivity contribution in [2.24, 2.45) is 17.8 Å². The minimum absolute atomic E-state index is 0.418. The van der Waals surface area contributed by atoms with Gasteiger partial charge in [0.25, 0.3) is 0 Å². The van der Waals surface area contributed by atoms with Gasteiger partial charge in [0.1, 0.15) is 12.4 Å². The van der Waals surface area contributed by atoms with E-state index in [1.54, 1.807) is 7.11 Å². The SMILES string of the molecule is CNC(c1ccccc1OCCOC)C1CC2CC2C1. The Morgan fingerprint density at radius 2 is 1.90 bits per heavy atom. The summed E-state index contributed by atoms with van der Waals surface area (Å²) >= 11 is 0. The first-order valence-corrected chi connectivity index (χ1v) is 7.71. The lowest BCUT2D eigenvalue weighted by Crippen LogP contribution is -2.25. The highest BCUT2D eigenvalue weighted by Gasteiger charge is 2.48. The molecule has 3 rings (SSSR count). The van der Waals surface area contributed by atoms with Gasteiger partial charge >= 0.3 is 0 Å². The molecule has 2 aliphatic rings. The Morgan fingerprint density at radius 1 is 1.15 bits per heavy atom. The van der Waals surface area contributed by atoms with Crippen LogP contribution in [0.25, 0.3) is 0 Å². The average Bonchev–Trinajstić information content (AvgIpc) is 3.08. The summed E-state index contributed by atoms with van der Waals surface area (Å²) in [6.45, 7) is 1.24. The third-order valence-electron chi connectivity index (χ3n) is 4.86. The molecule has 110 valence electrons. The third-order valence-corrected chi connectivity index (χ3v) is 4.86. The molecule has 0 radical (unpaired) electrons. The van der Waals surface area contributed by atoms with Gasteiger partial charge in [0.05, 0.1) is 6.61 Å². The van der Waals surface area contributed by atoms with Crippen molar-refractivity contribution >= 4 is 0 Å². The molecule has 3 nitrogen and oxygen atoms in total. The number of nitrogens with one attached hydrogen (secondary N) is 1. The molecular formula is C17H25NO2. The van der Waals surface area contributed by atoms with Gasteiger partial charge in [0, 0.05) is 18.7 Å². The molecule has 0 heterocycles. The lowest BCUT2D eigenvalue weighted by atomic mass is 9.89. The monoisotopic (exact) mass is 275 g/mol. The molecule has 2 saturated carbocycles. The molecule has 0 amide bonds. The van der Waals surface area contributed by atoms with Crippen LogP contribution in [0.4, 0.5) is 0 Å². The first-order valence-electron chi connectivity index (χ1n) is 7.71. The molecular weight excluding hydrogens is 250 g/mol. The summed E-state index contributed by atoms with van der Waals surface area (Å²) < 4.78 is 11.0. The molecule has 20 heavy (non-hydrogen) atoms. The standard InChI is InChI=1S/C17H25NO2/c1-18-17(14-10-12-9-13(12)11-14)15-5-3-4-6-16(15)20-8-7-19-2/h3-6,12-14,17-18H,7-11H2,1-2H3. The van der Waals surface area contributed by atoms with Crippen LogP contribution in [0, 0.1) is 17.8 Å². The average molecular weight is 275 g/mol. The zero-order chi connectivity index (χ0) is 13.9. The van der Waals surface area contributed by atoms with E-state index < -0.39 is 0 Å². The molecule has 2 fully saturated rings. The van der Waals surface area contributed by atoms with Crippen LogP contribution in [0.15, 0.2) is 24.3 Å². The van der Waals surface area contributed by atoms with Crippen LogP contribution < -0.4 is 10.1 Å². The largest absolute Gasteiger partial charge is 0.491 e. The Morgan fingerprint density at radius 3 is 2.60 bits per heavy atom. The van der Waals surface area contributed by atoms with Crippen LogP contribution in [-0.4, -0.2) is 27.4 Å². The minimum atomic E-state index is 0.418. The number of methoxy groups -OCH3 is 1. The van der Waals surface area contributed by atoms with Crippen LogP contribution >= 0.6 is 0 Å². The van der Waals surface area contributed by atoms with Crippen molar-refractivity contribution < 1.29 is 9.47 Å². The summed E-state index contributed by atoms with van der Waals surface area (Å²) in [7, 11) is 3.77. The predicted octanol–water partition coefficient (Wildman–Crippen LogP) is 3.02. The van der Waals surface area contributed by atoms with Crippen molar-refractivity contribution in [3.63, 3.8) is 0 Å². The van der Waals surface area contributed by atoms with E-state index in [4.69, 9.17) is 9.47 Å². The van der Waals surface area contributed by atoms with Gasteiger partial charge in [-0.3, -0.25) is 0 Å². The van der Waals surface area contributed by atoms with Gasteiger partial charge in [-0.1, -0.05) is 18.2 Å². The smallest absolute Gasteiger partial charge is 0.124 e. The van der Waals surface area contributed by atoms with E-state index in [-0.39, 0.29) is 0 Å². The summed E-state index contributed by atoms with van der Waals surface area (Å²) in [6, 6.07) is 8.85. The third kappa shape index (κ3) is 2.84. The highest BCUT2D eigenvalue weighted by atomic mass is 16.5. The quantitative estimate of drug-likeness (QED) is 0.776. The first-order chi connectivity index (χ1) is 9.83. The van der Waals surface area contributed by atoms with E-state index in [1.807, 2.05) is 6.07 Å². The van der Waals surface area contributed by atoms with Gasteiger partial charge in [0.2, 0.25) is 0 Å². The fraction of sp³-hybridized carbons (Fsp3) is 0.647. The lowest BCUT2D eigenvalue weighted by molar-refractivity contribution is 0.145. The van der Waals surface area contributed by atoms with E-state index >= 15 is 0 Å². The van der Waals surface area contributed by atoms with E-state index in [2.05, 4.69) is 30.6 Å². The van der Waals surface area contributed by atoms with Crippen molar-refractivity contribution in [2.75, 3.05) is 27.4 Å². The van der Waals surface area contributed by atoms with Crippen LogP contribution in [-0.2, 0) is 4.74 Å². The second-order valence-corrected chi connectivity index (χ2v) is 6.13. The molecule has 0 aromatic heterocycles.